The number of aromatic nitrogens is 2. The number of aromatic carboxylic acids is 1. The lowest BCUT2D eigenvalue weighted by Crippen LogP contribution is -2.20. The fourth-order valence-corrected chi connectivity index (χ4v) is 3.80. The molecule has 2 heterocycles. The molecule has 1 aromatic heterocycles. The Morgan fingerprint density at radius 2 is 2.08 bits per heavy atom. The maximum Gasteiger partial charge on any atom is 0.340 e. The van der Waals surface area contributed by atoms with Gasteiger partial charge >= 0.3 is 5.97 Å². The third-order valence-corrected chi connectivity index (χ3v) is 5.57. The summed E-state index contributed by atoms with van der Waals surface area (Å²) in [5.41, 5.74) is -0.942. The van der Waals surface area contributed by atoms with Crippen LogP contribution in [-0.2, 0) is 14.8 Å². The van der Waals surface area contributed by atoms with E-state index in [1.54, 1.807) is 4.68 Å². The van der Waals surface area contributed by atoms with Crippen LogP contribution in [0.2, 0.25) is 0 Å². The van der Waals surface area contributed by atoms with Crippen LogP contribution in [0.1, 0.15) is 34.8 Å². The molecule has 1 aliphatic rings. The molecule has 0 saturated carbocycles. The molecule has 2 N–H and O–H groups in total. The summed E-state index contributed by atoms with van der Waals surface area (Å²) in [6.45, 7) is 2.56. The lowest BCUT2D eigenvalue weighted by molar-refractivity contribution is 0.0661. The van der Waals surface area contributed by atoms with Crippen molar-refractivity contribution in [1.29, 1.82) is 0 Å². The summed E-state index contributed by atoms with van der Waals surface area (Å²) < 4.78 is 48.2. The number of nitrogens with one attached hydrogen (secondary N) is 1. The number of carboxylic acids is 1. The number of carbonyl (C=O) groups is 1. The summed E-state index contributed by atoms with van der Waals surface area (Å²) >= 11 is 0. The van der Waals surface area contributed by atoms with Gasteiger partial charge in [0.2, 0.25) is 0 Å². The quantitative estimate of drug-likeness (QED) is 0.819. The van der Waals surface area contributed by atoms with E-state index in [-0.39, 0.29) is 22.2 Å². The van der Waals surface area contributed by atoms with Crippen molar-refractivity contribution in [2.75, 3.05) is 17.9 Å². The van der Waals surface area contributed by atoms with Crippen molar-refractivity contribution in [1.82, 2.24) is 9.78 Å². The van der Waals surface area contributed by atoms with E-state index in [4.69, 9.17) is 4.74 Å². The highest BCUT2D eigenvalue weighted by Crippen LogP contribution is 2.26. The Labute approximate surface area is 149 Å². The molecule has 0 bridgehead atoms. The van der Waals surface area contributed by atoms with Crippen LogP contribution >= 0.6 is 0 Å². The van der Waals surface area contributed by atoms with E-state index in [1.807, 2.05) is 0 Å². The number of carboxylic acid groups (broad SMARTS) is 1. The first kappa shape index (κ1) is 18.3. The topological polar surface area (TPSA) is 111 Å². The summed E-state index contributed by atoms with van der Waals surface area (Å²) in [6.07, 6.45) is 4.01. The predicted molar refractivity (Wildman–Crippen MR) is 90.2 cm³/mol. The molecule has 1 aromatic carbocycles. The fraction of sp³-hybridized carbons (Fsp3) is 0.375. The summed E-state index contributed by atoms with van der Waals surface area (Å²) in [5.74, 6) is -2.53. The lowest BCUT2D eigenvalue weighted by atomic mass is 10.1. The summed E-state index contributed by atoms with van der Waals surface area (Å²) in [4.78, 5) is 11.2. The minimum atomic E-state index is -4.11. The van der Waals surface area contributed by atoms with Gasteiger partial charge in [-0.05, 0) is 31.4 Å². The Balaban J connectivity index is 1.89. The number of halogens is 1. The molecule has 0 unspecified atom stereocenters. The number of sulfonamides is 1. The molecular weight excluding hydrogens is 365 g/mol. The van der Waals surface area contributed by atoms with E-state index in [1.165, 1.54) is 31.5 Å². The standard InChI is InChI=1S/C16H18FN3O5S/c1-10-2-3-13(14(15(10)17)16(21)22)19-26(23,24)12-8-18-20(9-12)11-4-6-25-7-5-11/h2-3,8-9,11,19H,4-7H2,1H3,(H,21,22). The molecule has 3 rings (SSSR count). The van der Waals surface area contributed by atoms with E-state index < -0.39 is 27.4 Å². The first-order valence-electron chi connectivity index (χ1n) is 7.96. The van der Waals surface area contributed by atoms with Crippen molar-refractivity contribution in [2.24, 2.45) is 0 Å². The van der Waals surface area contributed by atoms with Gasteiger partial charge < -0.3 is 9.84 Å². The smallest absolute Gasteiger partial charge is 0.340 e. The van der Waals surface area contributed by atoms with Crippen LogP contribution in [-0.4, -0.2) is 42.5 Å². The van der Waals surface area contributed by atoms with Crippen LogP contribution in [0.15, 0.2) is 29.4 Å². The Bertz CT molecular complexity index is 935. The van der Waals surface area contributed by atoms with Crippen molar-refractivity contribution in [2.45, 2.75) is 30.7 Å². The van der Waals surface area contributed by atoms with Crippen molar-refractivity contribution in [3.63, 3.8) is 0 Å². The van der Waals surface area contributed by atoms with Crippen LogP contribution in [0.3, 0.4) is 0 Å². The molecule has 10 heteroatoms. The van der Waals surface area contributed by atoms with E-state index in [0.29, 0.717) is 13.2 Å². The molecule has 1 saturated heterocycles. The normalized spacial score (nSPS) is 15.8. The van der Waals surface area contributed by atoms with Crippen molar-refractivity contribution in [3.05, 3.63) is 41.5 Å². The van der Waals surface area contributed by atoms with E-state index in [9.17, 15) is 22.7 Å². The van der Waals surface area contributed by atoms with Gasteiger partial charge in [0.1, 0.15) is 16.3 Å². The molecule has 0 radical (unpaired) electrons. The third kappa shape index (κ3) is 3.56. The first-order chi connectivity index (χ1) is 12.3. The number of hydrogen-bond acceptors (Lipinski definition) is 5. The molecule has 1 fully saturated rings. The highest BCUT2D eigenvalue weighted by atomic mass is 32.2. The monoisotopic (exact) mass is 383 g/mol. The number of hydrogen-bond donors (Lipinski definition) is 2. The largest absolute Gasteiger partial charge is 0.478 e. The van der Waals surface area contributed by atoms with Gasteiger partial charge in [-0.2, -0.15) is 5.10 Å². The van der Waals surface area contributed by atoms with Crippen LogP contribution in [0.25, 0.3) is 0 Å². The fourth-order valence-electron chi connectivity index (χ4n) is 2.79. The van der Waals surface area contributed by atoms with Crippen LogP contribution in [0, 0.1) is 12.7 Å². The second-order valence-electron chi connectivity index (χ2n) is 6.03. The number of benzene rings is 1. The van der Waals surface area contributed by atoms with Gasteiger partial charge in [-0.3, -0.25) is 9.40 Å². The summed E-state index contributed by atoms with van der Waals surface area (Å²) in [6, 6.07) is 2.58. The summed E-state index contributed by atoms with van der Waals surface area (Å²) in [7, 11) is -4.11. The molecule has 0 amide bonds. The van der Waals surface area contributed by atoms with Gasteiger partial charge in [-0.15, -0.1) is 0 Å². The van der Waals surface area contributed by atoms with Gasteiger partial charge in [-0.1, -0.05) is 6.07 Å². The number of aryl methyl sites for hydroxylation is 1. The number of anilines is 1. The molecule has 0 spiro atoms. The molecule has 0 aliphatic carbocycles. The minimum absolute atomic E-state index is 0.0408. The predicted octanol–water partition coefficient (Wildman–Crippen LogP) is 2.18. The van der Waals surface area contributed by atoms with Crippen LogP contribution in [0.4, 0.5) is 10.1 Å². The Hall–Kier alpha value is -2.46. The van der Waals surface area contributed by atoms with E-state index in [2.05, 4.69) is 9.82 Å². The van der Waals surface area contributed by atoms with Crippen molar-refractivity contribution in [3.8, 4) is 0 Å². The minimum Gasteiger partial charge on any atom is -0.478 e. The van der Waals surface area contributed by atoms with Crippen molar-refractivity contribution >= 4 is 21.7 Å². The van der Waals surface area contributed by atoms with Gasteiger partial charge in [0.15, 0.2) is 0 Å². The lowest BCUT2D eigenvalue weighted by Gasteiger charge is -2.22. The van der Waals surface area contributed by atoms with Gasteiger partial charge in [0.05, 0.1) is 17.9 Å². The second kappa shape index (κ2) is 7.04. The Kier molecular flexibility index (Phi) is 4.97. The van der Waals surface area contributed by atoms with Crippen LogP contribution < -0.4 is 4.72 Å². The van der Waals surface area contributed by atoms with Crippen LogP contribution in [0.5, 0.6) is 0 Å². The molecule has 0 atom stereocenters. The molecule has 8 nitrogen and oxygen atoms in total. The highest BCUT2D eigenvalue weighted by Gasteiger charge is 2.25. The zero-order valence-corrected chi connectivity index (χ0v) is 14.8. The Morgan fingerprint density at radius 1 is 1.38 bits per heavy atom. The first-order valence-corrected chi connectivity index (χ1v) is 9.45. The maximum atomic E-state index is 14.1. The van der Waals surface area contributed by atoms with Gasteiger partial charge in [-0.25, -0.2) is 17.6 Å². The zero-order valence-electron chi connectivity index (χ0n) is 14.0. The highest BCUT2D eigenvalue weighted by molar-refractivity contribution is 7.92. The Morgan fingerprint density at radius 3 is 2.73 bits per heavy atom. The number of nitrogens with zero attached hydrogens (tertiary/aromatic N) is 2. The van der Waals surface area contributed by atoms with E-state index >= 15 is 0 Å². The molecule has 2 aromatic rings. The van der Waals surface area contributed by atoms with Gasteiger partial charge in [0, 0.05) is 19.4 Å². The average Bonchev–Trinajstić information content (AvgIpc) is 3.10. The van der Waals surface area contributed by atoms with Crippen molar-refractivity contribution < 1.29 is 27.4 Å². The molecule has 1 aliphatic heterocycles. The third-order valence-electron chi connectivity index (χ3n) is 4.25. The second-order valence-corrected chi connectivity index (χ2v) is 7.71. The molecule has 26 heavy (non-hydrogen) atoms. The number of ether oxygens (including phenoxy) is 1. The maximum absolute atomic E-state index is 14.1. The molecular formula is C16H18FN3O5S. The molecule has 140 valence electrons. The zero-order chi connectivity index (χ0) is 18.9. The summed E-state index contributed by atoms with van der Waals surface area (Å²) in [5, 5.41) is 13.3. The number of rotatable bonds is 5. The SMILES string of the molecule is Cc1ccc(NS(=O)(=O)c2cnn(C3CCOCC3)c2)c(C(=O)O)c1F. The van der Waals surface area contributed by atoms with E-state index in [0.717, 1.165) is 12.8 Å². The average molecular weight is 383 g/mol. The van der Waals surface area contributed by atoms with Gasteiger partial charge in [0.25, 0.3) is 10.0 Å².